The maximum absolute atomic E-state index is 10.7. The van der Waals surface area contributed by atoms with Crippen LogP contribution in [0.4, 0.5) is 0 Å². The number of hydrogen-bond acceptors (Lipinski definition) is 6. The molecule has 0 saturated carbocycles. The van der Waals surface area contributed by atoms with Gasteiger partial charge in [0.15, 0.2) is 0 Å². The molecule has 0 spiro atoms. The molecule has 0 atom stereocenters. The molecule has 7 nitrogen and oxygen atoms in total. The summed E-state index contributed by atoms with van der Waals surface area (Å²) in [5, 5.41) is 9.83. The quantitative estimate of drug-likeness (QED) is 0.408. The van der Waals surface area contributed by atoms with Gasteiger partial charge in [0.2, 0.25) is 6.79 Å². The molecule has 0 unspecified atom stereocenters. The van der Waals surface area contributed by atoms with Gasteiger partial charge in [-0.2, -0.15) is 0 Å². The first-order valence-corrected chi connectivity index (χ1v) is 3.59. The van der Waals surface area contributed by atoms with Crippen LogP contribution in [-0.2, 0) is 33.7 Å². The molecule has 1 radical (unpaired) electrons. The Kier molecular flexibility index (Phi) is 6.04. The molecule has 0 aromatic heterocycles. The Morgan fingerprint density at radius 2 is 1.71 bits per heavy atom. The van der Waals surface area contributed by atoms with Crippen LogP contribution in [-0.4, -0.2) is 37.9 Å². The molecule has 0 aromatic rings. The monoisotopic (exact) mass is 205 g/mol. The molecule has 0 rings (SSSR count). The predicted molar refractivity (Wildman–Crippen MR) is 39.2 cm³/mol. The van der Waals surface area contributed by atoms with Crippen molar-refractivity contribution in [3.63, 3.8) is 0 Å². The van der Waals surface area contributed by atoms with Crippen LogP contribution in [0.15, 0.2) is 0 Å². The van der Waals surface area contributed by atoms with Crippen LogP contribution in [0.2, 0.25) is 0 Å². The molecule has 0 bridgehead atoms. The minimum Gasteiger partial charge on any atom is -0.428 e. The zero-order chi connectivity index (χ0) is 11.0. The largest absolute Gasteiger partial charge is 0.428 e. The fourth-order valence-corrected chi connectivity index (χ4v) is 0.438. The molecule has 0 aliphatic heterocycles. The van der Waals surface area contributed by atoms with Crippen LogP contribution < -0.4 is 0 Å². The second-order valence-corrected chi connectivity index (χ2v) is 2.13. The molecule has 0 heterocycles. The van der Waals surface area contributed by atoms with E-state index in [0.29, 0.717) is 0 Å². The van der Waals surface area contributed by atoms with Gasteiger partial charge >= 0.3 is 17.9 Å². The summed E-state index contributed by atoms with van der Waals surface area (Å²) in [6, 6.07) is 0. The van der Waals surface area contributed by atoms with Gasteiger partial charge in [-0.3, -0.25) is 4.79 Å². The van der Waals surface area contributed by atoms with Crippen LogP contribution >= 0.6 is 0 Å². The van der Waals surface area contributed by atoms with Gasteiger partial charge in [-0.1, -0.05) is 0 Å². The van der Waals surface area contributed by atoms with Gasteiger partial charge in [0, 0.05) is 6.92 Å². The molecule has 79 valence electrons. The van der Waals surface area contributed by atoms with E-state index in [1.54, 1.807) is 0 Å². The maximum Gasteiger partial charge on any atom is 0.380 e. The van der Waals surface area contributed by atoms with E-state index in [9.17, 15) is 19.5 Å². The van der Waals surface area contributed by atoms with Gasteiger partial charge in [0.25, 0.3) is 0 Å². The molecule has 0 N–H and O–H groups in total. The minimum absolute atomic E-state index is 0.511. The molecule has 7 heteroatoms. The number of carbonyl (C=O) groups is 3. The summed E-state index contributed by atoms with van der Waals surface area (Å²) in [6.45, 7) is -0.582. The van der Waals surface area contributed by atoms with Crippen LogP contribution in [0, 0.1) is 0 Å². The normalized spacial score (nSPS) is 9.21. The Hall–Kier alpha value is -1.63. The summed E-state index contributed by atoms with van der Waals surface area (Å²) in [6.07, 6.45) is 0. The van der Waals surface area contributed by atoms with E-state index < -0.39 is 37.9 Å². The molecule has 14 heavy (non-hydrogen) atoms. The second kappa shape index (κ2) is 6.84. The Bertz CT molecular complexity index is 200. The Balaban J connectivity index is 3.37. The van der Waals surface area contributed by atoms with Crippen molar-refractivity contribution in [2.75, 3.05) is 20.0 Å². The summed E-state index contributed by atoms with van der Waals surface area (Å²) in [5.41, 5.74) is 0. The molecule has 0 aliphatic rings. The standard InChI is InChI=1S/C7H9O7/c1-5(8)13-4-14-7(11)3-12-2-6(9)10/h2-4H2,1H3. The highest BCUT2D eigenvalue weighted by Gasteiger charge is 2.06. The molecule has 0 saturated heterocycles. The summed E-state index contributed by atoms with van der Waals surface area (Å²) < 4.78 is 12.9. The highest BCUT2D eigenvalue weighted by atomic mass is 16.7. The van der Waals surface area contributed by atoms with Crippen molar-refractivity contribution in [3.8, 4) is 0 Å². The first-order chi connectivity index (χ1) is 6.52. The highest BCUT2D eigenvalue weighted by Crippen LogP contribution is 1.84. The van der Waals surface area contributed by atoms with Crippen LogP contribution in [0.25, 0.3) is 0 Å². The molecule has 0 aliphatic carbocycles. The van der Waals surface area contributed by atoms with Gasteiger partial charge in [-0.05, 0) is 0 Å². The number of esters is 2. The van der Waals surface area contributed by atoms with E-state index in [1.165, 1.54) is 0 Å². The lowest BCUT2D eigenvalue weighted by atomic mass is 10.7. The van der Waals surface area contributed by atoms with Gasteiger partial charge in [0.1, 0.15) is 13.2 Å². The SMILES string of the molecule is CC(=O)OCOC(=O)COCC([O])=O. The smallest absolute Gasteiger partial charge is 0.380 e. The first-order valence-electron chi connectivity index (χ1n) is 3.59. The van der Waals surface area contributed by atoms with E-state index in [1.807, 2.05) is 0 Å². The van der Waals surface area contributed by atoms with E-state index in [0.717, 1.165) is 6.92 Å². The number of hydrogen-bond donors (Lipinski definition) is 0. The first kappa shape index (κ1) is 12.4. The van der Waals surface area contributed by atoms with Crippen molar-refractivity contribution in [3.05, 3.63) is 0 Å². The average molecular weight is 205 g/mol. The summed E-state index contributed by atoms with van der Waals surface area (Å²) >= 11 is 0. The van der Waals surface area contributed by atoms with Gasteiger partial charge in [0.05, 0.1) is 0 Å². The van der Waals surface area contributed by atoms with E-state index >= 15 is 0 Å². The fraction of sp³-hybridized carbons (Fsp3) is 0.571. The van der Waals surface area contributed by atoms with Crippen molar-refractivity contribution in [1.82, 2.24) is 0 Å². The number of rotatable bonds is 6. The molecule has 0 fully saturated rings. The fourth-order valence-electron chi connectivity index (χ4n) is 0.438. The lowest BCUT2D eigenvalue weighted by Gasteiger charge is -2.03. The van der Waals surface area contributed by atoms with Crippen LogP contribution in [0.5, 0.6) is 0 Å². The highest BCUT2D eigenvalue weighted by molar-refractivity contribution is 5.72. The third-order valence-corrected chi connectivity index (χ3v) is 0.922. The zero-order valence-corrected chi connectivity index (χ0v) is 7.48. The lowest BCUT2D eigenvalue weighted by molar-refractivity contribution is -0.169. The third kappa shape index (κ3) is 8.47. The van der Waals surface area contributed by atoms with Crippen molar-refractivity contribution < 1.29 is 33.7 Å². The van der Waals surface area contributed by atoms with Gasteiger partial charge in [-0.25, -0.2) is 14.7 Å². The predicted octanol–water partition coefficient (Wildman–Crippen LogP) is -0.976. The van der Waals surface area contributed by atoms with Gasteiger partial charge in [-0.15, -0.1) is 0 Å². The number of carbonyl (C=O) groups excluding carboxylic acids is 3. The summed E-state index contributed by atoms with van der Waals surface area (Å²) in [4.78, 5) is 30.7. The Morgan fingerprint density at radius 3 is 2.21 bits per heavy atom. The van der Waals surface area contributed by atoms with Crippen LogP contribution in [0.3, 0.4) is 0 Å². The second-order valence-electron chi connectivity index (χ2n) is 2.13. The van der Waals surface area contributed by atoms with Crippen molar-refractivity contribution >= 4 is 17.9 Å². The van der Waals surface area contributed by atoms with Crippen molar-refractivity contribution in [2.45, 2.75) is 6.92 Å². The topological polar surface area (TPSA) is 98.8 Å². The third-order valence-electron chi connectivity index (χ3n) is 0.922. The molecule has 0 amide bonds. The Labute approximate surface area is 79.5 Å². The minimum atomic E-state index is -1.43. The molecular weight excluding hydrogens is 196 g/mol. The van der Waals surface area contributed by atoms with Gasteiger partial charge < -0.3 is 14.2 Å². The summed E-state index contributed by atoms with van der Waals surface area (Å²) in [7, 11) is 0. The maximum atomic E-state index is 10.7. The zero-order valence-electron chi connectivity index (χ0n) is 7.48. The van der Waals surface area contributed by atoms with Crippen molar-refractivity contribution in [1.29, 1.82) is 0 Å². The van der Waals surface area contributed by atoms with E-state index in [2.05, 4.69) is 14.2 Å². The van der Waals surface area contributed by atoms with Crippen molar-refractivity contribution in [2.24, 2.45) is 0 Å². The van der Waals surface area contributed by atoms with E-state index in [4.69, 9.17) is 0 Å². The number of ether oxygens (including phenoxy) is 3. The summed E-state index contributed by atoms with van der Waals surface area (Å²) in [5.74, 6) is -2.85. The Morgan fingerprint density at radius 1 is 1.07 bits per heavy atom. The van der Waals surface area contributed by atoms with E-state index in [-0.39, 0.29) is 0 Å². The lowest BCUT2D eigenvalue weighted by Crippen LogP contribution is -2.18. The molecular formula is C7H9O7. The molecule has 0 aromatic carbocycles. The average Bonchev–Trinajstić information content (AvgIpc) is 2.02. The van der Waals surface area contributed by atoms with Crippen LogP contribution in [0.1, 0.15) is 6.92 Å².